The van der Waals surface area contributed by atoms with Gasteiger partial charge >= 0.3 is 0 Å². The summed E-state index contributed by atoms with van der Waals surface area (Å²) >= 11 is 0. The molecule has 2 heteroatoms. The first-order valence-corrected chi connectivity index (χ1v) is 21.2. The van der Waals surface area contributed by atoms with E-state index in [4.69, 9.17) is 0 Å². The molecule has 0 aliphatic heterocycles. The van der Waals surface area contributed by atoms with Gasteiger partial charge in [0.25, 0.3) is 0 Å². The molecule has 0 amide bonds. The van der Waals surface area contributed by atoms with Crippen LogP contribution in [0.4, 0.5) is 34.1 Å². The van der Waals surface area contributed by atoms with E-state index in [9.17, 15) is 0 Å². The van der Waals surface area contributed by atoms with E-state index in [0.29, 0.717) is 0 Å². The number of rotatable bonds is 11. The minimum atomic E-state index is 0. The smallest absolute Gasteiger partial charge is 0.0462 e. The van der Waals surface area contributed by atoms with E-state index in [1.807, 2.05) is 0 Å². The summed E-state index contributed by atoms with van der Waals surface area (Å²) < 4.78 is 0. The van der Waals surface area contributed by atoms with Gasteiger partial charge in [-0.05, 0) is 128 Å². The molecular formula is C60H46N2. The van der Waals surface area contributed by atoms with Crippen molar-refractivity contribution in [2.45, 2.75) is 0 Å². The van der Waals surface area contributed by atoms with Crippen LogP contribution in [0.15, 0.2) is 267 Å². The molecule has 0 bridgehead atoms. The Balaban J connectivity index is 0.00000504. The van der Waals surface area contributed by atoms with Crippen molar-refractivity contribution in [1.29, 1.82) is 0 Å². The fraction of sp³-hybridized carbons (Fsp3) is 0. The van der Waals surface area contributed by atoms with Crippen LogP contribution in [-0.2, 0) is 0 Å². The molecule has 0 heterocycles. The van der Waals surface area contributed by atoms with Crippen LogP contribution in [-0.4, -0.2) is 0 Å². The maximum atomic E-state index is 2.33. The van der Waals surface area contributed by atoms with E-state index in [0.717, 1.165) is 45.3 Å². The van der Waals surface area contributed by atoms with Crippen LogP contribution in [0.3, 0.4) is 0 Å². The highest BCUT2D eigenvalue weighted by atomic mass is 15.1. The van der Waals surface area contributed by atoms with Gasteiger partial charge in [0.1, 0.15) is 0 Å². The second-order valence-electron chi connectivity index (χ2n) is 15.4. The van der Waals surface area contributed by atoms with E-state index in [-0.39, 0.29) is 1.43 Å². The lowest BCUT2D eigenvalue weighted by molar-refractivity contribution is 1.28. The molecule has 10 aromatic carbocycles. The average molecular weight is 797 g/mol. The third-order valence-corrected chi connectivity index (χ3v) is 11.5. The standard InChI is InChI=1S/C60H44N2.H2/c1-5-13-45(14-6-1)48-21-23-49(24-22-48)52-29-39-56(40-30-52)61(55-19-11-4-12-20-55)57-41-31-53(32-42-57)54-33-43-60(44-34-54)62(58-35-25-50(26-36-58)46-15-7-2-8-16-46)59-37-27-51(28-38-59)47-17-9-3-10-18-47;/h1-44H;1H/i;1+2. The molecule has 10 rings (SSSR count). The van der Waals surface area contributed by atoms with E-state index in [1.54, 1.807) is 0 Å². The Morgan fingerprint density at radius 1 is 0.145 bits per heavy atom. The van der Waals surface area contributed by atoms with Crippen molar-refractivity contribution in [3.63, 3.8) is 0 Å². The van der Waals surface area contributed by atoms with Crippen LogP contribution in [0, 0.1) is 0 Å². The van der Waals surface area contributed by atoms with Gasteiger partial charge in [-0.1, -0.05) is 194 Å². The maximum Gasteiger partial charge on any atom is 0.0462 e. The van der Waals surface area contributed by atoms with Crippen molar-refractivity contribution < 1.29 is 1.43 Å². The summed E-state index contributed by atoms with van der Waals surface area (Å²) in [6, 6.07) is 95.5. The molecule has 0 N–H and O–H groups in total. The van der Waals surface area contributed by atoms with Gasteiger partial charge in [-0.2, -0.15) is 0 Å². The highest BCUT2D eigenvalue weighted by Crippen LogP contribution is 2.40. The van der Waals surface area contributed by atoms with Crippen molar-refractivity contribution in [1.82, 2.24) is 0 Å². The van der Waals surface area contributed by atoms with Crippen molar-refractivity contribution in [2.75, 3.05) is 9.80 Å². The fourth-order valence-electron chi connectivity index (χ4n) is 8.23. The monoisotopic (exact) mass is 796 g/mol. The van der Waals surface area contributed by atoms with Crippen molar-refractivity contribution in [2.24, 2.45) is 0 Å². The second kappa shape index (κ2) is 17.6. The Morgan fingerprint density at radius 2 is 0.290 bits per heavy atom. The van der Waals surface area contributed by atoms with Gasteiger partial charge in [0.05, 0.1) is 0 Å². The number of hydrogen-bond acceptors (Lipinski definition) is 2. The molecule has 0 radical (unpaired) electrons. The normalized spacial score (nSPS) is 10.9. The Labute approximate surface area is 366 Å². The molecule has 0 spiro atoms. The lowest BCUT2D eigenvalue weighted by Crippen LogP contribution is -2.10. The van der Waals surface area contributed by atoms with E-state index < -0.39 is 0 Å². The highest BCUT2D eigenvalue weighted by Gasteiger charge is 2.16. The summed E-state index contributed by atoms with van der Waals surface area (Å²) in [5, 5.41) is 0. The molecule has 0 aliphatic rings. The van der Waals surface area contributed by atoms with Gasteiger partial charge in [-0.25, -0.2) is 0 Å². The maximum absolute atomic E-state index is 2.33. The minimum Gasteiger partial charge on any atom is -0.311 e. The third kappa shape index (κ3) is 8.18. The lowest BCUT2D eigenvalue weighted by Gasteiger charge is -2.26. The van der Waals surface area contributed by atoms with Crippen LogP contribution in [0.2, 0.25) is 0 Å². The van der Waals surface area contributed by atoms with Gasteiger partial charge in [0.2, 0.25) is 0 Å². The third-order valence-electron chi connectivity index (χ3n) is 11.5. The summed E-state index contributed by atoms with van der Waals surface area (Å²) in [6.07, 6.45) is 0. The van der Waals surface area contributed by atoms with E-state index in [1.165, 1.54) is 44.5 Å². The number of hydrogen-bond donors (Lipinski definition) is 0. The number of nitrogens with zero attached hydrogens (tertiary/aromatic N) is 2. The largest absolute Gasteiger partial charge is 0.311 e. The molecule has 0 aromatic heterocycles. The van der Waals surface area contributed by atoms with Gasteiger partial charge in [0.15, 0.2) is 0 Å². The second-order valence-corrected chi connectivity index (χ2v) is 15.4. The molecule has 0 fully saturated rings. The predicted octanol–water partition coefficient (Wildman–Crippen LogP) is 17.2. The van der Waals surface area contributed by atoms with Crippen molar-refractivity contribution in [3.05, 3.63) is 267 Å². The van der Waals surface area contributed by atoms with Gasteiger partial charge < -0.3 is 9.80 Å². The van der Waals surface area contributed by atoms with Crippen LogP contribution >= 0.6 is 0 Å². The number of para-hydroxylation sites is 1. The zero-order valence-corrected chi connectivity index (χ0v) is 34.3. The van der Waals surface area contributed by atoms with Crippen molar-refractivity contribution in [3.8, 4) is 55.6 Å². The molecular weight excluding hydrogens is 749 g/mol. The van der Waals surface area contributed by atoms with Crippen LogP contribution in [0.1, 0.15) is 1.43 Å². The fourth-order valence-corrected chi connectivity index (χ4v) is 8.23. The predicted molar refractivity (Wildman–Crippen MR) is 265 cm³/mol. The molecule has 2 nitrogen and oxygen atoms in total. The summed E-state index contributed by atoms with van der Waals surface area (Å²) in [5.41, 5.74) is 18.6. The molecule has 10 aromatic rings. The quantitative estimate of drug-likeness (QED) is 0.129. The Morgan fingerprint density at radius 3 is 0.500 bits per heavy atom. The molecule has 0 saturated carbocycles. The molecule has 62 heavy (non-hydrogen) atoms. The number of benzene rings is 10. The molecule has 0 saturated heterocycles. The molecule has 0 atom stereocenters. The van der Waals surface area contributed by atoms with E-state index >= 15 is 0 Å². The average Bonchev–Trinajstić information content (AvgIpc) is 3.36. The van der Waals surface area contributed by atoms with Crippen LogP contribution < -0.4 is 9.80 Å². The Bertz CT molecular complexity index is 2890. The van der Waals surface area contributed by atoms with Gasteiger partial charge in [-0.3, -0.25) is 0 Å². The van der Waals surface area contributed by atoms with Gasteiger partial charge in [0, 0.05) is 35.6 Å². The SMILES string of the molecule is [3HH].c1ccc(-c2ccc(-c3ccc(N(c4ccccc4)c4ccc(-c5ccc(N(c6ccc(-c7ccccc7)cc6)c6ccc(-c7ccccc7)cc6)cc5)cc4)cc3)cc2)cc1. The van der Waals surface area contributed by atoms with Crippen LogP contribution in [0.5, 0.6) is 0 Å². The van der Waals surface area contributed by atoms with Crippen molar-refractivity contribution >= 4 is 34.1 Å². The minimum absolute atomic E-state index is 0. The molecule has 296 valence electrons. The zero-order chi connectivity index (χ0) is 41.5. The Hall–Kier alpha value is -8.20. The van der Waals surface area contributed by atoms with E-state index in [2.05, 4.69) is 277 Å². The molecule has 0 aliphatic carbocycles. The number of anilines is 6. The summed E-state index contributed by atoms with van der Waals surface area (Å²) in [4.78, 5) is 4.65. The summed E-state index contributed by atoms with van der Waals surface area (Å²) in [6.45, 7) is 0. The summed E-state index contributed by atoms with van der Waals surface area (Å²) in [5.74, 6) is 0. The van der Waals surface area contributed by atoms with Crippen LogP contribution in [0.25, 0.3) is 55.6 Å². The topological polar surface area (TPSA) is 6.48 Å². The summed E-state index contributed by atoms with van der Waals surface area (Å²) in [7, 11) is 0. The Kier molecular flexibility index (Phi) is 10.8. The first-order valence-electron chi connectivity index (χ1n) is 21.2. The first-order chi connectivity index (χ1) is 30.7. The molecule has 0 unspecified atom stereocenters. The first kappa shape index (κ1) is 38.0. The highest BCUT2D eigenvalue weighted by molar-refractivity contribution is 5.83. The van der Waals surface area contributed by atoms with Gasteiger partial charge in [-0.15, -0.1) is 0 Å². The zero-order valence-electron chi connectivity index (χ0n) is 34.3. The lowest BCUT2D eigenvalue weighted by atomic mass is 10.00.